The van der Waals surface area contributed by atoms with Crippen molar-refractivity contribution < 1.29 is 33.3 Å². The van der Waals surface area contributed by atoms with Crippen LogP contribution in [0.25, 0.3) is 11.1 Å². The van der Waals surface area contributed by atoms with Gasteiger partial charge in [-0.2, -0.15) is 5.26 Å². The van der Waals surface area contributed by atoms with Gasteiger partial charge < -0.3 is 29.1 Å². The molecule has 1 amide bonds. The molecular weight excluding hydrogens is 777 g/mol. The van der Waals surface area contributed by atoms with E-state index in [0.29, 0.717) is 71.3 Å². The Labute approximate surface area is 345 Å². The molecule has 6 aromatic rings. The maximum absolute atomic E-state index is 14.1. The molecule has 0 saturated heterocycles. The van der Waals surface area contributed by atoms with Crippen molar-refractivity contribution in [2.45, 2.75) is 50.7 Å². The molecule has 0 bridgehead atoms. The average molecular weight is 815 g/mol. The van der Waals surface area contributed by atoms with Gasteiger partial charge in [0.05, 0.1) is 40.5 Å². The molecule has 0 radical (unpaired) electrons. The average Bonchev–Trinajstić information content (AvgIpc) is 3.76. The largest absolute Gasteiger partial charge is 0.489 e. The summed E-state index contributed by atoms with van der Waals surface area (Å²) in [4.78, 5) is 28.5. The normalized spacial score (nSPS) is 16.4. The van der Waals surface area contributed by atoms with Crippen LogP contribution < -0.4 is 19.5 Å². The highest BCUT2D eigenvalue weighted by Gasteiger charge is 2.36. The van der Waals surface area contributed by atoms with Crippen molar-refractivity contribution in [1.29, 1.82) is 5.26 Å². The first-order valence-corrected chi connectivity index (χ1v) is 19.5. The van der Waals surface area contributed by atoms with Crippen molar-refractivity contribution in [3.05, 3.63) is 171 Å². The standard InChI is InChI=1S/C46H37Cl2N3O7/c47-38-16-7-30(18-39(38)48)26-56-36-14-12-33(13-15-36)44-27-57-42-21-34-20-41(51(25-37-2-1-17-55-37)24-35(34)22-43(42)58-44)45(52)50-40(46(53)54)19-28-3-8-31(9-4-28)32-10-5-29(23-49)6-11-32/h1-18,21-22,40-41,44H,19-20,24-27H2,(H,50,52)(H,53,54)/t40?,41-,44+/m0/s1. The number of rotatable bonds is 12. The van der Waals surface area contributed by atoms with E-state index in [-0.39, 0.29) is 12.5 Å². The number of fused-ring (bicyclic) bond motifs is 2. The number of nitriles is 1. The summed E-state index contributed by atoms with van der Waals surface area (Å²) in [5.74, 6) is 1.05. The fourth-order valence-electron chi connectivity index (χ4n) is 7.25. The summed E-state index contributed by atoms with van der Waals surface area (Å²) in [7, 11) is 0. The third-order valence-corrected chi connectivity index (χ3v) is 11.1. The van der Waals surface area contributed by atoms with E-state index in [0.717, 1.165) is 38.9 Å². The molecule has 1 aromatic heterocycles. The number of aliphatic carboxylic acids is 1. The van der Waals surface area contributed by atoms with Gasteiger partial charge in [-0.25, -0.2) is 4.79 Å². The van der Waals surface area contributed by atoms with Crippen LogP contribution in [-0.2, 0) is 42.1 Å². The Bertz CT molecular complexity index is 2470. The highest BCUT2D eigenvalue weighted by molar-refractivity contribution is 6.42. The monoisotopic (exact) mass is 813 g/mol. The Morgan fingerprint density at radius 1 is 0.879 bits per heavy atom. The molecule has 2 aliphatic rings. The Kier molecular flexibility index (Phi) is 11.4. The van der Waals surface area contributed by atoms with Crippen molar-refractivity contribution >= 4 is 35.1 Å². The van der Waals surface area contributed by atoms with Gasteiger partial charge >= 0.3 is 5.97 Å². The number of benzene rings is 5. The smallest absolute Gasteiger partial charge is 0.326 e. The predicted octanol–water partition coefficient (Wildman–Crippen LogP) is 8.96. The molecule has 10 nitrogen and oxygen atoms in total. The molecule has 12 heteroatoms. The minimum Gasteiger partial charge on any atom is -0.489 e. The third kappa shape index (κ3) is 8.82. The Balaban J connectivity index is 0.945. The fourth-order valence-corrected chi connectivity index (χ4v) is 7.57. The third-order valence-electron chi connectivity index (χ3n) is 10.4. The lowest BCUT2D eigenvalue weighted by Crippen LogP contribution is -2.54. The highest BCUT2D eigenvalue weighted by atomic mass is 35.5. The molecule has 2 aliphatic heterocycles. The van der Waals surface area contributed by atoms with Crippen LogP contribution in [0.5, 0.6) is 17.2 Å². The van der Waals surface area contributed by atoms with E-state index in [1.807, 2.05) is 89.8 Å². The predicted molar refractivity (Wildman–Crippen MR) is 218 cm³/mol. The lowest BCUT2D eigenvalue weighted by Gasteiger charge is -2.37. The van der Waals surface area contributed by atoms with E-state index in [1.54, 1.807) is 36.6 Å². The van der Waals surface area contributed by atoms with E-state index >= 15 is 0 Å². The number of hydrogen-bond acceptors (Lipinski definition) is 8. The second kappa shape index (κ2) is 17.1. The second-order valence-electron chi connectivity index (χ2n) is 14.3. The number of nitrogens with one attached hydrogen (secondary N) is 1. The first kappa shape index (κ1) is 38.6. The van der Waals surface area contributed by atoms with Crippen molar-refractivity contribution in [3.63, 3.8) is 0 Å². The molecule has 3 heterocycles. The van der Waals surface area contributed by atoms with E-state index in [4.69, 9.17) is 47.1 Å². The van der Waals surface area contributed by atoms with Crippen LogP contribution in [0.4, 0.5) is 0 Å². The number of carbonyl (C=O) groups excluding carboxylic acids is 1. The van der Waals surface area contributed by atoms with Crippen LogP contribution in [0.3, 0.4) is 0 Å². The molecule has 292 valence electrons. The molecule has 2 N–H and O–H groups in total. The lowest BCUT2D eigenvalue weighted by atomic mass is 9.92. The van der Waals surface area contributed by atoms with Crippen molar-refractivity contribution in [2.24, 2.45) is 0 Å². The molecule has 0 aliphatic carbocycles. The molecule has 8 rings (SSSR count). The molecule has 5 aromatic carbocycles. The number of carboxylic acid groups (broad SMARTS) is 1. The second-order valence-corrected chi connectivity index (χ2v) is 15.1. The first-order chi connectivity index (χ1) is 28.2. The maximum Gasteiger partial charge on any atom is 0.326 e. The summed E-state index contributed by atoms with van der Waals surface area (Å²) in [6, 6.07) is 35.7. The van der Waals surface area contributed by atoms with Gasteiger partial charge in [-0.1, -0.05) is 77.8 Å². The van der Waals surface area contributed by atoms with E-state index < -0.39 is 24.0 Å². The van der Waals surface area contributed by atoms with E-state index in [2.05, 4.69) is 11.4 Å². The summed E-state index contributed by atoms with van der Waals surface area (Å²) in [5, 5.41) is 23.1. The van der Waals surface area contributed by atoms with Crippen molar-refractivity contribution in [1.82, 2.24) is 10.2 Å². The quantitative estimate of drug-likeness (QED) is 0.124. The summed E-state index contributed by atoms with van der Waals surface area (Å²) in [6.45, 7) is 1.37. The summed E-state index contributed by atoms with van der Waals surface area (Å²) >= 11 is 12.2. The zero-order chi connectivity index (χ0) is 40.2. The number of carbonyl (C=O) groups is 2. The molecule has 0 fully saturated rings. The van der Waals surface area contributed by atoms with E-state index in [1.165, 1.54) is 0 Å². The molecule has 3 atom stereocenters. The number of nitrogens with zero attached hydrogens (tertiary/aromatic N) is 2. The summed E-state index contributed by atoms with van der Waals surface area (Å²) in [5.41, 5.74) is 6.94. The topological polar surface area (TPSA) is 134 Å². The summed E-state index contributed by atoms with van der Waals surface area (Å²) < 4.78 is 24.3. The summed E-state index contributed by atoms with van der Waals surface area (Å²) in [6.07, 6.45) is 1.67. The zero-order valence-corrected chi connectivity index (χ0v) is 32.6. The van der Waals surface area contributed by atoms with Crippen LogP contribution in [0.2, 0.25) is 10.0 Å². The minimum absolute atomic E-state index is 0.102. The SMILES string of the molecule is N#Cc1ccc(-c2ccc(CC(NC(=O)[C@@H]3Cc4cc5c(cc4CN3Cc3ccco3)O[C@@H](c3ccc(OCc4ccc(Cl)c(Cl)c4)cc3)CO5)C(=O)O)cc2)cc1. The number of furan rings is 1. The minimum atomic E-state index is -1.15. The van der Waals surface area contributed by atoms with Crippen LogP contribution in [0.15, 0.2) is 126 Å². The van der Waals surface area contributed by atoms with Gasteiger partial charge in [0, 0.05) is 13.0 Å². The van der Waals surface area contributed by atoms with Gasteiger partial charge in [0.1, 0.15) is 30.8 Å². The molecule has 0 saturated carbocycles. The van der Waals surface area contributed by atoms with Gasteiger partial charge in [0.25, 0.3) is 0 Å². The van der Waals surface area contributed by atoms with Gasteiger partial charge in [0.15, 0.2) is 17.6 Å². The molecule has 58 heavy (non-hydrogen) atoms. The number of ether oxygens (including phenoxy) is 3. The van der Waals surface area contributed by atoms with Crippen LogP contribution >= 0.6 is 23.2 Å². The maximum atomic E-state index is 14.1. The lowest BCUT2D eigenvalue weighted by molar-refractivity contribution is -0.143. The van der Waals surface area contributed by atoms with Gasteiger partial charge in [-0.05, 0) is 106 Å². The number of hydrogen-bond donors (Lipinski definition) is 2. The Morgan fingerprint density at radius 3 is 2.29 bits per heavy atom. The number of carboxylic acids is 1. The first-order valence-electron chi connectivity index (χ1n) is 18.7. The Hall–Kier alpha value is -6.25. The fraction of sp³-hybridized carbons (Fsp3) is 0.196. The highest BCUT2D eigenvalue weighted by Crippen LogP contribution is 2.41. The molecular formula is C46H37Cl2N3O7. The zero-order valence-electron chi connectivity index (χ0n) is 31.1. The number of amides is 1. The Morgan fingerprint density at radius 2 is 1.60 bits per heavy atom. The van der Waals surface area contributed by atoms with E-state index in [9.17, 15) is 14.7 Å². The van der Waals surface area contributed by atoms with Crippen LogP contribution in [-0.4, -0.2) is 40.6 Å². The van der Waals surface area contributed by atoms with Gasteiger partial charge in [0.2, 0.25) is 5.91 Å². The van der Waals surface area contributed by atoms with Crippen LogP contribution in [0.1, 0.15) is 45.2 Å². The molecule has 1 unspecified atom stereocenters. The van der Waals surface area contributed by atoms with Crippen molar-refractivity contribution in [3.8, 4) is 34.4 Å². The van der Waals surface area contributed by atoms with Gasteiger partial charge in [-0.3, -0.25) is 9.69 Å². The number of halogens is 2. The molecule has 0 spiro atoms. The van der Waals surface area contributed by atoms with Gasteiger partial charge in [-0.15, -0.1) is 0 Å². The van der Waals surface area contributed by atoms with Crippen LogP contribution in [0, 0.1) is 11.3 Å². The van der Waals surface area contributed by atoms with Crippen molar-refractivity contribution in [2.75, 3.05) is 6.61 Å².